The normalized spacial score (nSPS) is 9.29. The van der Waals surface area contributed by atoms with E-state index in [1.165, 1.54) is 4.80 Å². The Balaban J connectivity index is 3.04. The van der Waals surface area contributed by atoms with Gasteiger partial charge in [-0.1, -0.05) is 4.80 Å². The van der Waals surface area contributed by atoms with Gasteiger partial charge in [0.2, 0.25) is 0 Å². The number of nitrogens with zero attached hydrogens (tertiary/aromatic N) is 3. The van der Waals surface area contributed by atoms with Gasteiger partial charge in [-0.2, -0.15) is 0 Å². The van der Waals surface area contributed by atoms with Crippen LogP contribution in [-0.4, -0.2) is 15.4 Å². The fourth-order valence-corrected chi connectivity index (χ4v) is 0.322. The molecule has 1 aromatic rings. The highest BCUT2D eigenvalue weighted by atomic mass is 15.6. The molecule has 0 aliphatic carbocycles. The molecule has 0 bridgehead atoms. The molecule has 0 aliphatic heterocycles. The molecule has 0 radical (unpaired) electrons. The zero-order chi connectivity index (χ0) is 5.28. The van der Waals surface area contributed by atoms with Crippen molar-refractivity contribution in [1.29, 1.82) is 0 Å². The Morgan fingerprint density at radius 1 is 1.86 bits per heavy atom. The molecule has 0 aliphatic rings. The number of H-pyrrole nitrogens is 1. The van der Waals surface area contributed by atoms with Crippen molar-refractivity contribution in [3.8, 4) is 0 Å². The Morgan fingerprint density at radius 3 is 2.71 bits per heavy atom. The van der Waals surface area contributed by atoms with E-state index in [4.69, 9.17) is 5.73 Å². The molecule has 0 aromatic carbocycles. The first-order valence-corrected chi connectivity index (χ1v) is 1.83. The molecular formula is C2H6N5+. The van der Waals surface area contributed by atoms with Crippen LogP contribution in [0.15, 0.2) is 0 Å². The molecule has 0 saturated heterocycles. The summed E-state index contributed by atoms with van der Waals surface area (Å²) in [6, 6.07) is 0. The second kappa shape index (κ2) is 1.18. The molecular weight excluding hydrogens is 94.1 g/mol. The first-order chi connectivity index (χ1) is 3.29. The predicted octanol–water partition coefficient (Wildman–Crippen LogP) is -1.79. The van der Waals surface area contributed by atoms with Crippen molar-refractivity contribution < 1.29 is 4.80 Å². The second-order valence-electron chi connectivity index (χ2n) is 1.19. The van der Waals surface area contributed by atoms with Crippen molar-refractivity contribution in [2.24, 2.45) is 7.05 Å². The van der Waals surface area contributed by atoms with Gasteiger partial charge in [-0.25, -0.2) is 0 Å². The van der Waals surface area contributed by atoms with Gasteiger partial charge in [-0.05, 0) is 5.21 Å². The van der Waals surface area contributed by atoms with Crippen LogP contribution in [0.3, 0.4) is 0 Å². The van der Waals surface area contributed by atoms with E-state index in [0.29, 0.717) is 0 Å². The average Bonchev–Trinajstić information content (AvgIpc) is 1.87. The van der Waals surface area contributed by atoms with Gasteiger partial charge in [0.1, 0.15) is 7.05 Å². The summed E-state index contributed by atoms with van der Waals surface area (Å²) in [6.45, 7) is 0. The molecule has 0 unspecified atom stereocenters. The summed E-state index contributed by atoms with van der Waals surface area (Å²) in [5, 5.41) is 9.66. The third kappa shape index (κ3) is 0.648. The SMILES string of the molecule is C[n+]1nc(N)n[nH]1. The largest absolute Gasteiger partial charge is 0.398 e. The Bertz CT molecular complexity index is 138. The summed E-state index contributed by atoms with van der Waals surface area (Å²) in [5.41, 5.74) is 5.10. The van der Waals surface area contributed by atoms with Gasteiger partial charge in [-0.15, -0.1) is 0 Å². The molecule has 0 atom stereocenters. The number of aromatic nitrogens is 4. The molecule has 3 N–H and O–H groups in total. The summed E-state index contributed by atoms with van der Waals surface area (Å²) >= 11 is 0. The van der Waals surface area contributed by atoms with Crippen molar-refractivity contribution in [2.45, 2.75) is 0 Å². The Hall–Kier alpha value is -1.13. The van der Waals surface area contributed by atoms with E-state index in [1.54, 1.807) is 7.05 Å². The topological polar surface area (TPSA) is 71.5 Å². The van der Waals surface area contributed by atoms with Gasteiger partial charge in [0.15, 0.2) is 0 Å². The Labute approximate surface area is 40.1 Å². The lowest BCUT2D eigenvalue weighted by Gasteiger charge is -1.64. The van der Waals surface area contributed by atoms with E-state index in [-0.39, 0.29) is 5.95 Å². The Morgan fingerprint density at radius 2 is 2.57 bits per heavy atom. The molecule has 1 rings (SSSR count). The fraction of sp³-hybridized carbons (Fsp3) is 0.500. The first kappa shape index (κ1) is 4.04. The lowest BCUT2D eigenvalue weighted by Crippen LogP contribution is -2.33. The minimum absolute atomic E-state index is 0.266. The van der Waals surface area contributed by atoms with E-state index in [1.807, 2.05) is 0 Å². The van der Waals surface area contributed by atoms with Crippen LogP contribution in [-0.2, 0) is 7.05 Å². The van der Waals surface area contributed by atoms with Crippen LogP contribution in [0, 0.1) is 0 Å². The number of nitrogen functional groups attached to an aromatic ring is 1. The van der Waals surface area contributed by atoms with Crippen LogP contribution < -0.4 is 10.5 Å². The lowest BCUT2D eigenvalue weighted by atomic mass is 11.2. The van der Waals surface area contributed by atoms with Gasteiger partial charge in [-0.3, -0.25) is 0 Å². The number of aromatic amines is 1. The third-order valence-corrected chi connectivity index (χ3v) is 0.562. The second-order valence-corrected chi connectivity index (χ2v) is 1.19. The fourth-order valence-electron chi connectivity index (χ4n) is 0.322. The molecule has 0 fully saturated rings. The summed E-state index contributed by atoms with van der Waals surface area (Å²) in [5.74, 6) is 0.266. The van der Waals surface area contributed by atoms with Crippen molar-refractivity contribution in [1.82, 2.24) is 15.4 Å². The maximum Gasteiger partial charge on any atom is 0.398 e. The van der Waals surface area contributed by atoms with Crippen LogP contribution in [0.2, 0.25) is 0 Å². The van der Waals surface area contributed by atoms with E-state index >= 15 is 0 Å². The molecule has 0 amide bonds. The monoisotopic (exact) mass is 100 g/mol. The first-order valence-electron chi connectivity index (χ1n) is 1.83. The molecule has 0 saturated carbocycles. The van der Waals surface area contributed by atoms with E-state index in [0.717, 1.165) is 0 Å². The zero-order valence-electron chi connectivity index (χ0n) is 3.92. The molecule has 1 heterocycles. The van der Waals surface area contributed by atoms with Crippen molar-refractivity contribution in [3.63, 3.8) is 0 Å². The number of hydrogen-bond donors (Lipinski definition) is 2. The number of anilines is 1. The third-order valence-electron chi connectivity index (χ3n) is 0.562. The number of rotatable bonds is 0. The van der Waals surface area contributed by atoms with Gasteiger partial charge < -0.3 is 5.73 Å². The van der Waals surface area contributed by atoms with Gasteiger partial charge >= 0.3 is 5.95 Å². The number of nitrogens with one attached hydrogen (secondary N) is 1. The number of hydrogen-bond acceptors (Lipinski definition) is 3. The number of tetrazole rings is 1. The average molecular weight is 100 g/mol. The van der Waals surface area contributed by atoms with Gasteiger partial charge in [0.05, 0.1) is 5.10 Å². The van der Waals surface area contributed by atoms with E-state index < -0.39 is 0 Å². The minimum Gasteiger partial charge on any atom is -0.342 e. The Kier molecular flexibility index (Phi) is 0.680. The maximum atomic E-state index is 5.10. The van der Waals surface area contributed by atoms with Crippen LogP contribution in [0.25, 0.3) is 0 Å². The smallest absolute Gasteiger partial charge is 0.342 e. The van der Waals surface area contributed by atoms with Crippen LogP contribution in [0.4, 0.5) is 5.95 Å². The highest BCUT2D eigenvalue weighted by Gasteiger charge is 1.97. The molecule has 38 valence electrons. The summed E-state index contributed by atoms with van der Waals surface area (Å²) in [7, 11) is 1.71. The standard InChI is InChI=1S/C2H5N5/c1-7-5-2(3)4-6-7/h1H3,(H2,3,5)/p+1. The zero-order valence-corrected chi connectivity index (χ0v) is 3.92. The molecule has 1 aromatic heterocycles. The summed E-state index contributed by atoms with van der Waals surface area (Å²) < 4.78 is 0. The molecule has 5 nitrogen and oxygen atoms in total. The van der Waals surface area contributed by atoms with Crippen LogP contribution in [0.5, 0.6) is 0 Å². The minimum atomic E-state index is 0.266. The number of aryl methyl sites for hydroxylation is 1. The molecule has 0 spiro atoms. The lowest BCUT2D eigenvalue weighted by molar-refractivity contribution is -0.783. The molecule has 7 heavy (non-hydrogen) atoms. The van der Waals surface area contributed by atoms with E-state index in [9.17, 15) is 0 Å². The van der Waals surface area contributed by atoms with Crippen molar-refractivity contribution in [3.05, 3.63) is 0 Å². The number of nitrogens with two attached hydrogens (primary N) is 1. The quantitative estimate of drug-likeness (QED) is 0.378. The summed E-state index contributed by atoms with van der Waals surface area (Å²) in [4.78, 5) is 1.43. The van der Waals surface area contributed by atoms with Crippen LogP contribution >= 0.6 is 0 Å². The molecule has 5 heteroatoms. The predicted molar refractivity (Wildman–Crippen MR) is 22.0 cm³/mol. The van der Waals surface area contributed by atoms with Crippen LogP contribution in [0.1, 0.15) is 0 Å². The maximum absolute atomic E-state index is 5.10. The highest BCUT2D eigenvalue weighted by Crippen LogP contribution is 1.70. The van der Waals surface area contributed by atoms with Crippen molar-refractivity contribution >= 4 is 5.95 Å². The van der Waals surface area contributed by atoms with Gasteiger partial charge in [0, 0.05) is 5.10 Å². The summed E-state index contributed by atoms with van der Waals surface area (Å²) in [6.07, 6.45) is 0. The van der Waals surface area contributed by atoms with Gasteiger partial charge in [0.25, 0.3) is 0 Å². The van der Waals surface area contributed by atoms with Crippen molar-refractivity contribution in [2.75, 3.05) is 5.73 Å². The highest BCUT2D eigenvalue weighted by molar-refractivity contribution is 5.04. The van der Waals surface area contributed by atoms with E-state index in [2.05, 4.69) is 15.4 Å².